The minimum absolute atomic E-state index is 0.421. The summed E-state index contributed by atoms with van der Waals surface area (Å²) in [6, 6.07) is 7.67. The van der Waals surface area contributed by atoms with E-state index in [1.807, 2.05) is 24.3 Å². The maximum absolute atomic E-state index is 10.1. The molecule has 116 valence electrons. The number of hydrogen-bond donors (Lipinski definition) is 2. The number of rotatable bonds is 7. The molecule has 0 amide bonds. The molecule has 0 saturated heterocycles. The lowest BCUT2D eigenvalue weighted by molar-refractivity contribution is 0.168. The van der Waals surface area contributed by atoms with Crippen molar-refractivity contribution in [3.05, 3.63) is 29.8 Å². The van der Waals surface area contributed by atoms with Gasteiger partial charge in [-0.15, -0.1) is 0 Å². The van der Waals surface area contributed by atoms with E-state index in [1.165, 1.54) is 32.1 Å². The number of benzene rings is 1. The van der Waals surface area contributed by atoms with Crippen LogP contribution < -0.4 is 10.6 Å². The van der Waals surface area contributed by atoms with Gasteiger partial charge in [0, 0.05) is 0 Å². The van der Waals surface area contributed by atoms with Crippen LogP contribution in [0.2, 0.25) is 0 Å². The molecule has 1 atom stereocenters. The molecule has 5 nitrogen and oxygen atoms in total. The first kappa shape index (κ1) is 15.8. The fourth-order valence-corrected chi connectivity index (χ4v) is 2.78. The minimum Gasteiger partial charge on any atom is -0.493 e. The molecule has 0 aliphatic heterocycles. The zero-order valence-electron chi connectivity index (χ0n) is 12.4. The Morgan fingerprint density at radius 3 is 2.86 bits per heavy atom. The van der Waals surface area contributed by atoms with Gasteiger partial charge in [-0.1, -0.05) is 36.6 Å². The normalized spacial score (nSPS) is 18.0. The van der Waals surface area contributed by atoms with Crippen LogP contribution in [-0.2, 0) is 0 Å². The van der Waals surface area contributed by atoms with E-state index >= 15 is 0 Å². The highest BCUT2D eigenvalue weighted by atomic mass is 16.5. The Labute approximate surface area is 126 Å². The molecule has 1 aromatic rings. The van der Waals surface area contributed by atoms with Gasteiger partial charge in [0.25, 0.3) is 0 Å². The topological polar surface area (TPSA) is 80.2 Å². The van der Waals surface area contributed by atoms with Crippen LogP contribution in [0.25, 0.3) is 0 Å². The second-order valence-corrected chi connectivity index (χ2v) is 5.67. The summed E-state index contributed by atoms with van der Waals surface area (Å²) in [7, 11) is 0. The van der Waals surface area contributed by atoms with Gasteiger partial charge < -0.3 is 15.7 Å². The maximum atomic E-state index is 10.1. The van der Waals surface area contributed by atoms with Gasteiger partial charge in [-0.3, -0.25) is 0 Å². The Morgan fingerprint density at radius 1 is 1.29 bits per heavy atom. The highest BCUT2D eigenvalue weighted by Crippen LogP contribution is 2.26. The number of hydrogen-bond acceptors (Lipinski definition) is 4. The van der Waals surface area contributed by atoms with Crippen LogP contribution in [-0.4, -0.2) is 18.3 Å². The van der Waals surface area contributed by atoms with E-state index < -0.39 is 6.10 Å². The number of nitrogens with two attached hydrogens (primary N) is 1. The largest absolute Gasteiger partial charge is 0.493 e. The number of aliphatic hydroxyl groups is 1. The molecule has 3 N–H and O–H groups in total. The third-order valence-electron chi connectivity index (χ3n) is 4.04. The second kappa shape index (κ2) is 8.62. The van der Waals surface area contributed by atoms with Crippen molar-refractivity contribution in [3.8, 4) is 5.75 Å². The molecule has 1 aliphatic carbocycles. The van der Waals surface area contributed by atoms with Gasteiger partial charge in [0.15, 0.2) is 0 Å². The third kappa shape index (κ3) is 5.34. The third-order valence-corrected chi connectivity index (χ3v) is 4.04. The average molecular weight is 291 g/mol. The molecule has 1 aromatic carbocycles. The van der Waals surface area contributed by atoms with Crippen LogP contribution in [0.5, 0.6) is 5.75 Å². The van der Waals surface area contributed by atoms with E-state index in [-0.39, 0.29) is 0 Å². The monoisotopic (exact) mass is 291 g/mol. The van der Waals surface area contributed by atoms with Crippen molar-refractivity contribution in [2.75, 3.05) is 13.2 Å². The van der Waals surface area contributed by atoms with E-state index in [0.717, 1.165) is 17.9 Å². The molecule has 0 bridgehead atoms. The first-order valence-corrected chi connectivity index (χ1v) is 7.77. The fraction of sp³-hybridized carbons (Fsp3) is 0.625. The summed E-state index contributed by atoms with van der Waals surface area (Å²) < 4.78 is 5.89. The molecule has 2 rings (SSSR count). The van der Waals surface area contributed by atoms with Gasteiger partial charge in [-0.2, -0.15) is 5.11 Å². The lowest BCUT2D eigenvalue weighted by Crippen LogP contribution is -2.15. The van der Waals surface area contributed by atoms with Gasteiger partial charge in [0.05, 0.1) is 19.3 Å². The second-order valence-electron chi connectivity index (χ2n) is 5.67. The Balaban J connectivity index is 1.84. The zero-order valence-corrected chi connectivity index (χ0v) is 12.4. The van der Waals surface area contributed by atoms with Crippen LogP contribution in [0.4, 0.5) is 0 Å². The predicted molar refractivity (Wildman–Crippen MR) is 82.0 cm³/mol. The quantitative estimate of drug-likeness (QED) is 0.459. The van der Waals surface area contributed by atoms with Crippen molar-refractivity contribution >= 4 is 0 Å². The van der Waals surface area contributed by atoms with Gasteiger partial charge in [0.2, 0.25) is 0 Å². The van der Waals surface area contributed by atoms with Gasteiger partial charge in [0.1, 0.15) is 5.75 Å². The summed E-state index contributed by atoms with van der Waals surface area (Å²) >= 11 is 0. The molecule has 0 heterocycles. The van der Waals surface area contributed by atoms with Crippen LogP contribution in [0.3, 0.4) is 0 Å². The maximum Gasteiger partial charge on any atom is 0.119 e. The lowest BCUT2D eigenvalue weighted by Gasteiger charge is -2.22. The fourth-order valence-electron chi connectivity index (χ4n) is 2.78. The standard InChI is InChI=1S/C16H25N3O2/c17-19-18-10-9-16(20)14-7-4-8-15(11-14)21-12-13-5-2-1-3-6-13/h4,7-8,11,13,16,20H,1-3,5-6,9-10,12H2,(H2,17,18)/t16-/m1/s1. The number of ether oxygens (including phenoxy) is 1. The Morgan fingerprint density at radius 2 is 2.10 bits per heavy atom. The molecule has 1 fully saturated rings. The van der Waals surface area contributed by atoms with Crippen molar-refractivity contribution in [1.29, 1.82) is 0 Å². The summed E-state index contributed by atoms with van der Waals surface area (Å²) in [5, 5.41) is 16.9. The SMILES string of the molecule is NN=NCC[C@@H](O)c1cccc(OCC2CCCCC2)c1. The van der Waals surface area contributed by atoms with Gasteiger partial charge in [-0.05, 0) is 42.9 Å². The van der Waals surface area contributed by atoms with Gasteiger partial charge in [-0.25, -0.2) is 0 Å². The highest BCUT2D eigenvalue weighted by molar-refractivity contribution is 5.29. The summed E-state index contributed by atoms with van der Waals surface area (Å²) in [4.78, 5) is 0. The van der Waals surface area contributed by atoms with E-state index in [0.29, 0.717) is 18.9 Å². The number of nitrogens with zero attached hydrogens (tertiary/aromatic N) is 2. The van der Waals surface area contributed by atoms with E-state index in [4.69, 9.17) is 10.6 Å². The lowest BCUT2D eigenvalue weighted by atomic mass is 9.90. The molecule has 5 heteroatoms. The van der Waals surface area contributed by atoms with Crippen molar-refractivity contribution in [2.24, 2.45) is 22.1 Å². The summed E-state index contributed by atoms with van der Waals surface area (Å²) in [6.45, 7) is 1.20. The van der Waals surface area contributed by atoms with Crippen molar-refractivity contribution < 1.29 is 9.84 Å². The van der Waals surface area contributed by atoms with Crippen LogP contribution >= 0.6 is 0 Å². The Hall–Kier alpha value is -1.62. The first-order chi connectivity index (χ1) is 10.3. The zero-order chi connectivity index (χ0) is 14.9. The summed E-state index contributed by atoms with van der Waals surface area (Å²) in [6.07, 6.45) is 6.49. The number of aliphatic hydroxyl groups excluding tert-OH is 1. The van der Waals surface area contributed by atoms with E-state index in [1.54, 1.807) is 0 Å². The van der Waals surface area contributed by atoms with Crippen molar-refractivity contribution in [2.45, 2.75) is 44.6 Å². The summed E-state index contributed by atoms with van der Waals surface area (Å²) in [5.74, 6) is 6.45. The van der Waals surface area contributed by atoms with Gasteiger partial charge >= 0.3 is 0 Å². The molecule has 0 radical (unpaired) electrons. The van der Waals surface area contributed by atoms with Crippen molar-refractivity contribution in [3.63, 3.8) is 0 Å². The molecular weight excluding hydrogens is 266 g/mol. The Kier molecular flexibility index (Phi) is 6.47. The summed E-state index contributed by atoms with van der Waals surface area (Å²) in [5.41, 5.74) is 0.850. The highest BCUT2D eigenvalue weighted by Gasteiger charge is 2.14. The average Bonchev–Trinajstić information content (AvgIpc) is 2.54. The molecule has 1 saturated carbocycles. The predicted octanol–water partition coefficient (Wildman–Crippen LogP) is 3.40. The van der Waals surface area contributed by atoms with Crippen molar-refractivity contribution in [1.82, 2.24) is 0 Å². The molecular formula is C16H25N3O2. The first-order valence-electron chi connectivity index (χ1n) is 7.77. The van der Waals surface area contributed by atoms with Crippen LogP contribution in [0, 0.1) is 5.92 Å². The van der Waals surface area contributed by atoms with Crippen LogP contribution in [0.15, 0.2) is 34.6 Å². The minimum atomic E-state index is -0.561. The molecule has 0 unspecified atom stereocenters. The molecule has 0 aromatic heterocycles. The molecule has 0 spiro atoms. The molecule has 21 heavy (non-hydrogen) atoms. The van der Waals surface area contributed by atoms with E-state index in [2.05, 4.69) is 10.3 Å². The van der Waals surface area contributed by atoms with E-state index in [9.17, 15) is 5.11 Å². The smallest absolute Gasteiger partial charge is 0.119 e. The molecule has 1 aliphatic rings. The van der Waals surface area contributed by atoms with Crippen LogP contribution in [0.1, 0.15) is 50.2 Å². The Bertz CT molecular complexity index is 445.